The molecule has 0 bridgehead atoms. The summed E-state index contributed by atoms with van der Waals surface area (Å²) in [5.41, 5.74) is 1.77. The molecule has 1 aliphatic rings. The molecule has 3 rings (SSSR count). The van der Waals surface area contributed by atoms with Crippen LogP contribution in [0.4, 0.5) is 0 Å². The van der Waals surface area contributed by atoms with Crippen molar-refractivity contribution in [1.82, 2.24) is 4.90 Å². The fourth-order valence-electron chi connectivity index (χ4n) is 2.35. The molecule has 8 heteroatoms. The summed E-state index contributed by atoms with van der Waals surface area (Å²) in [5, 5.41) is 9.50. The van der Waals surface area contributed by atoms with E-state index in [0.29, 0.717) is 21.4 Å². The Labute approximate surface area is 158 Å². The maximum absolute atomic E-state index is 12.3. The third kappa shape index (κ3) is 3.63. The van der Waals surface area contributed by atoms with Gasteiger partial charge < -0.3 is 9.52 Å². The number of thioether (sulfide) groups is 1. The Bertz CT molecular complexity index is 919. The van der Waals surface area contributed by atoms with Crippen molar-refractivity contribution < 1.29 is 19.1 Å². The number of carboxylic acid groups (broad SMARTS) is 1. The predicted molar refractivity (Wildman–Crippen MR) is 101 cm³/mol. The highest BCUT2D eigenvalue weighted by Crippen LogP contribution is 2.34. The van der Waals surface area contributed by atoms with Gasteiger partial charge in [0, 0.05) is 16.7 Å². The van der Waals surface area contributed by atoms with Crippen molar-refractivity contribution in [2.75, 3.05) is 6.54 Å². The smallest absolute Gasteiger partial charge is 0.323 e. The highest BCUT2D eigenvalue weighted by molar-refractivity contribution is 8.26. The van der Waals surface area contributed by atoms with E-state index in [-0.39, 0.29) is 4.32 Å². The van der Waals surface area contributed by atoms with Crippen molar-refractivity contribution in [3.8, 4) is 11.3 Å². The zero-order chi connectivity index (χ0) is 18.1. The van der Waals surface area contributed by atoms with E-state index < -0.39 is 18.4 Å². The molecule has 2 heterocycles. The van der Waals surface area contributed by atoms with Crippen molar-refractivity contribution in [2.45, 2.75) is 6.92 Å². The van der Waals surface area contributed by atoms with Gasteiger partial charge in [-0.05, 0) is 30.7 Å². The topological polar surface area (TPSA) is 70.8 Å². The lowest BCUT2D eigenvalue weighted by Crippen LogP contribution is -2.33. The number of hydrogen-bond donors (Lipinski definition) is 1. The molecule has 0 atom stereocenters. The third-order valence-electron chi connectivity index (χ3n) is 3.60. The molecular formula is C17H12ClNO4S2. The van der Waals surface area contributed by atoms with Crippen molar-refractivity contribution in [2.24, 2.45) is 0 Å². The van der Waals surface area contributed by atoms with Gasteiger partial charge in [0.05, 0.1) is 4.91 Å². The molecule has 1 saturated heterocycles. The second-order valence-corrected chi connectivity index (χ2v) is 7.36. The van der Waals surface area contributed by atoms with Crippen LogP contribution in [0.15, 0.2) is 39.7 Å². The molecule has 25 heavy (non-hydrogen) atoms. The summed E-state index contributed by atoms with van der Waals surface area (Å²) >= 11 is 12.2. The van der Waals surface area contributed by atoms with Crippen molar-refractivity contribution >= 4 is 57.9 Å². The van der Waals surface area contributed by atoms with Crippen LogP contribution in [0, 0.1) is 6.92 Å². The second kappa shape index (κ2) is 7.03. The lowest BCUT2D eigenvalue weighted by molar-refractivity contribution is -0.140. The first-order valence-corrected chi connectivity index (χ1v) is 8.79. The number of benzene rings is 1. The minimum absolute atomic E-state index is 0.219. The minimum atomic E-state index is -1.12. The minimum Gasteiger partial charge on any atom is -0.480 e. The molecule has 2 aromatic rings. The van der Waals surface area contributed by atoms with Gasteiger partial charge in [-0.1, -0.05) is 47.7 Å². The average molecular weight is 394 g/mol. The lowest BCUT2D eigenvalue weighted by atomic mass is 10.1. The van der Waals surface area contributed by atoms with Gasteiger partial charge in [-0.25, -0.2) is 0 Å². The van der Waals surface area contributed by atoms with Gasteiger partial charge in [-0.15, -0.1) is 0 Å². The zero-order valence-electron chi connectivity index (χ0n) is 13.0. The Balaban J connectivity index is 1.87. The zero-order valence-corrected chi connectivity index (χ0v) is 15.4. The molecule has 1 N–H and O–H groups in total. The Morgan fingerprint density at radius 1 is 1.40 bits per heavy atom. The molecule has 1 amide bonds. The lowest BCUT2D eigenvalue weighted by Gasteiger charge is -2.09. The van der Waals surface area contributed by atoms with Crippen molar-refractivity contribution in [3.63, 3.8) is 0 Å². The van der Waals surface area contributed by atoms with Crippen LogP contribution in [0.3, 0.4) is 0 Å². The average Bonchev–Trinajstić information content (AvgIpc) is 3.11. The monoisotopic (exact) mass is 393 g/mol. The van der Waals surface area contributed by atoms with Crippen LogP contribution in [0.25, 0.3) is 17.4 Å². The van der Waals surface area contributed by atoms with Crippen molar-refractivity contribution in [1.29, 1.82) is 0 Å². The Kier molecular flexibility index (Phi) is 4.99. The van der Waals surface area contributed by atoms with Gasteiger partial charge in [0.25, 0.3) is 5.91 Å². The van der Waals surface area contributed by atoms with Crippen LogP contribution < -0.4 is 0 Å². The summed E-state index contributed by atoms with van der Waals surface area (Å²) in [7, 11) is 0. The number of amides is 1. The maximum Gasteiger partial charge on any atom is 0.323 e. The van der Waals surface area contributed by atoms with Gasteiger partial charge in [0.2, 0.25) is 0 Å². The number of rotatable bonds is 4. The fraction of sp³-hybridized carbons (Fsp3) is 0.118. The summed E-state index contributed by atoms with van der Waals surface area (Å²) in [4.78, 5) is 24.5. The number of furan rings is 1. The molecule has 1 aromatic heterocycles. The quantitative estimate of drug-likeness (QED) is 0.620. The molecule has 0 spiro atoms. The van der Waals surface area contributed by atoms with Gasteiger partial charge in [0.1, 0.15) is 22.4 Å². The van der Waals surface area contributed by atoms with Crippen LogP contribution in [0.1, 0.15) is 11.3 Å². The third-order valence-corrected chi connectivity index (χ3v) is 5.39. The van der Waals surface area contributed by atoms with E-state index in [2.05, 4.69) is 0 Å². The number of carbonyl (C=O) groups is 2. The van der Waals surface area contributed by atoms with Crippen LogP contribution >= 0.6 is 35.6 Å². The van der Waals surface area contributed by atoms with E-state index in [9.17, 15) is 9.59 Å². The van der Waals surface area contributed by atoms with E-state index in [1.165, 1.54) is 0 Å². The van der Waals surface area contributed by atoms with Crippen LogP contribution in [-0.4, -0.2) is 32.7 Å². The normalized spacial score (nSPS) is 16.1. The highest BCUT2D eigenvalue weighted by Gasteiger charge is 2.33. The molecular weight excluding hydrogens is 382 g/mol. The maximum atomic E-state index is 12.3. The fourth-order valence-corrected chi connectivity index (χ4v) is 3.76. The van der Waals surface area contributed by atoms with Crippen LogP contribution in [-0.2, 0) is 9.59 Å². The summed E-state index contributed by atoms with van der Waals surface area (Å²) < 4.78 is 6.01. The number of nitrogens with zero attached hydrogens (tertiary/aromatic N) is 1. The summed E-state index contributed by atoms with van der Waals surface area (Å²) in [6, 6.07) is 9.07. The van der Waals surface area contributed by atoms with E-state index in [4.69, 9.17) is 33.3 Å². The highest BCUT2D eigenvalue weighted by atomic mass is 35.5. The first kappa shape index (κ1) is 17.7. The van der Waals surface area contributed by atoms with Gasteiger partial charge >= 0.3 is 5.97 Å². The van der Waals surface area contributed by atoms with E-state index in [1.54, 1.807) is 24.3 Å². The largest absolute Gasteiger partial charge is 0.480 e. The summed E-state index contributed by atoms with van der Waals surface area (Å²) in [5.74, 6) is -0.444. The summed E-state index contributed by atoms with van der Waals surface area (Å²) in [6.45, 7) is 1.45. The number of thiocarbonyl (C=S) groups is 1. The summed E-state index contributed by atoms with van der Waals surface area (Å²) in [6.07, 6.45) is 1.56. The number of carbonyl (C=O) groups excluding carboxylic acids is 1. The first-order valence-electron chi connectivity index (χ1n) is 7.19. The molecule has 1 aromatic carbocycles. The molecule has 0 saturated carbocycles. The molecule has 128 valence electrons. The molecule has 0 radical (unpaired) electrons. The number of carboxylic acids is 1. The number of aliphatic carboxylic acids is 1. The van der Waals surface area contributed by atoms with E-state index in [1.807, 2.05) is 19.1 Å². The Morgan fingerprint density at radius 2 is 2.16 bits per heavy atom. The second-order valence-electron chi connectivity index (χ2n) is 5.28. The molecule has 1 fully saturated rings. The van der Waals surface area contributed by atoms with Gasteiger partial charge in [0.15, 0.2) is 0 Å². The van der Waals surface area contributed by atoms with Gasteiger partial charge in [-0.3, -0.25) is 14.5 Å². The Morgan fingerprint density at radius 3 is 2.88 bits per heavy atom. The van der Waals surface area contributed by atoms with E-state index >= 15 is 0 Å². The van der Waals surface area contributed by atoms with Gasteiger partial charge in [-0.2, -0.15) is 0 Å². The van der Waals surface area contributed by atoms with Crippen molar-refractivity contribution in [3.05, 3.63) is 51.6 Å². The molecule has 1 aliphatic heterocycles. The van der Waals surface area contributed by atoms with Crippen LogP contribution in [0.2, 0.25) is 5.02 Å². The first-order chi connectivity index (χ1) is 11.9. The number of halogens is 1. The molecule has 0 unspecified atom stereocenters. The van der Waals surface area contributed by atoms with E-state index in [0.717, 1.165) is 27.8 Å². The Hall–Kier alpha value is -2.09. The SMILES string of the molecule is Cc1c(Cl)cccc1-c1ccc(C=C2SC(=S)N(CC(=O)O)C2=O)o1. The predicted octanol–water partition coefficient (Wildman–Crippen LogP) is 4.19. The standard InChI is InChI=1S/C17H12ClNO4S2/c1-9-11(3-2-4-12(9)18)13-6-5-10(23-13)7-14-16(22)19(8-15(20)21)17(24)25-14/h2-7H,8H2,1H3,(H,20,21). The molecule has 5 nitrogen and oxygen atoms in total. The van der Waals surface area contributed by atoms with Crippen LogP contribution in [0.5, 0.6) is 0 Å². The number of hydrogen-bond acceptors (Lipinski definition) is 5. The molecule has 0 aliphatic carbocycles.